The van der Waals surface area contributed by atoms with E-state index in [0.717, 1.165) is 38.0 Å². The van der Waals surface area contributed by atoms with Crippen LogP contribution in [0, 0.1) is 5.92 Å². The van der Waals surface area contributed by atoms with Crippen LogP contribution in [-0.2, 0) is 23.9 Å². The number of rotatable bonds is 40. The van der Waals surface area contributed by atoms with E-state index in [1.807, 2.05) is 30.4 Å². The Bertz CT molecular complexity index is 1090. The topological polar surface area (TPSA) is 156 Å². The molecule has 330 valence electrons. The number of carbonyl (C=O) groups is 3. The van der Waals surface area contributed by atoms with Crippen LogP contribution in [-0.4, -0.2) is 75.7 Å². The lowest BCUT2D eigenvalue weighted by molar-refractivity contribution is -0.161. The zero-order chi connectivity index (χ0) is 42.2. The molecule has 0 aromatic rings. The van der Waals surface area contributed by atoms with Gasteiger partial charge in [0.05, 0.1) is 12.7 Å². The third-order valence-corrected chi connectivity index (χ3v) is 11.2. The normalized spacial score (nSPS) is 14.3. The van der Waals surface area contributed by atoms with E-state index in [9.17, 15) is 24.6 Å². The summed E-state index contributed by atoms with van der Waals surface area (Å²) in [6, 6.07) is -1.01. The smallest absolute Gasteiger partial charge is 0.323 e. The van der Waals surface area contributed by atoms with Crippen LogP contribution in [0.3, 0.4) is 0 Å². The van der Waals surface area contributed by atoms with Crippen LogP contribution >= 0.6 is 11.8 Å². The molecule has 5 N–H and O–H groups in total. The molecule has 0 unspecified atom stereocenters. The second kappa shape index (κ2) is 40.4. The predicted molar refractivity (Wildman–Crippen MR) is 238 cm³/mol. The summed E-state index contributed by atoms with van der Waals surface area (Å²) in [6.45, 7) is 6.03. The Labute approximate surface area is 351 Å². The van der Waals surface area contributed by atoms with Crippen molar-refractivity contribution in [1.29, 1.82) is 0 Å². The summed E-state index contributed by atoms with van der Waals surface area (Å²) in [5.41, 5.74) is 6.11. The molecule has 0 aliphatic heterocycles. The van der Waals surface area contributed by atoms with Gasteiger partial charge >= 0.3 is 17.9 Å². The average molecular weight is 822 g/mol. The van der Waals surface area contributed by atoms with E-state index in [4.69, 9.17) is 20.3 Å². The number of nitrogens with two attached hydrogens (primary N) is 1. The van der Waals surface area contributed by atoms with Crippen molar-refractivity contribution in [3.05, 3.63) is 48.6 Å². The Morgan fingerprint density at radius 1 is 0.702 bits per heavy atom. The van der Waals surface area contributed by atoms with E-state index in [0.29, 0.717) is 6.42 Å². The molecule has 0 aromatic carbocycles. The van der Waals surface area contributed by atoms with Gasteiger partial charge in [-0.15, -0.1) is 11.8 Å². The first-order valence-electron chi connectivity index (χ1n) is 22.5. The molecule has 0 bridgehead atoms. The van der Waals surface area contributed by atoms with E-state index in [1.165, 1.54) is 114 Å². The number of aliphatic hydroxyl groups is 2. The van der Waals surface area contributed by atoms with Crippen LogP contribution in [0.4, 0.5) is 0 Å². The second-order valence-corrected chi connectivity index (χ2v) is 17.0. The van der Waals surface area contributed by atoms with Crippen LogP contribution in [0.2, 0.25) is 0 Å². The van der Waals surface area contributed by atoms with Crippen LogP contribution < -0.4 is 5.73 Å². The number of esters is 2. The molecular weight excluding hydrogens is 739 g/mol. The molecule has 0 amide bonds. The van der Waals surface area contributed by atoms with Gasteiger partial charge in [-0.05, 0) is 44.4 Å². The molecule has 0 saturated heterocycles. The number of carboxylic acids is 1. The summed E-state index contributed by atoms with van der Waals surface area (Å²) in [7, 11) is 0. The zero-order valence-corrected chi connectivity index (χ0v) is 37.0. The Kier molecular flexibility index (Phi) is 38.7. The fraction of sp³-hybridized carbons (Fsp3) is 0.766. The Hall–Kier alpha value is -2.40. The number of allylic oxidation sites excluding steroid dienone is 7. The van der Waals surface area contributed by atoms with Crippen molar-refractivity contribution in [2.75, 3.05) is 19.0 Å². The van der Waals surface area contributed by atoms with E-state index in [2.05, 4.69) is 39.0 Å². The van der Waals surface area contributed by atoms with Gasteiger partial charge in [0.1, 0.15) is 12.6 Å². The Morgan fingerprint density at radius 3 is 1.88 bits per heavy atom. The van der Waals surface area contributed by atoms with E-state index in [-0.39, 0.29) is 31.6 Å². The molecular formula is C47H83NO8S. The standard InChI is InChI=1S/C47H83NO8S/c1-4-5-6-7-8-9-10-17-20-23-26-29-34-44(43(50)33-31-35-45(51)52)57-39-42(48)47(54)55-38-41(37-49)56-46(53)36-30-27-24-21-18-15-13-11-12-14-16-19-22-25-28-32-40(2)3/h8-9,17,20,23,26,29,34,40-44,49-50H,4-7,10-16,18-19,21-22,24-25,27-28,30-33,35-39,48H2,1-3H3,(H,51,52)/b9-8-,20-17-,26-23+,34-29+/t41-,42-,43-,44+/m0/s1. The fourth-order valence-electron chi connectivity index (χ4n) is 6.24. The SMILES string of the molecule is CCCCC/C=C\C\C=C/C=C/C=C/[C@@H](SC[C@H](N)C(=O)OC[C@H](CO)OC(=O)CCCCCCCCCCCCCCCCCC(C)C)[C@@H](O)CCCC(=O)O. The Balaban J connectivity index is 4.36. The first-order chi connectivity index (χ1) is 27.6. The van der Waals surface area contributed by atoms with E-state index < -0.39 is 48.0 Å². The number of ether oxygens (including phenoxy) is 2. The summed E-state index contributed by atoms with van der Waals surface area (Å²) < 4.78 is 10.6. The molecule has 9 nitrogen and oxygen atoms in total. The van der Waals surface area contributed by atoms with Crippen LogP contribution in [0.15, 0.2) is 48.6 Å². The van der Waals surface area contributed by atoms with Crippen molar-refractivity contribution in [3.8, 4) is 0 Å². The minimum atomic E-state index is -1.01. The molecule has 0 fully saturated rings. The number of carbonyl (C=O) groups excluding carboxylic acids is 2. The first-order valence-corrected chi connectivity index (χ1v) is 23.5. The summed E-state index contributed by atoms with van der Waals surface area (Å²) in [5, 5.41) is 29.1. The van der Waals surface area contributed by atoms with Gasteiger partial charge in [0, 0.05) is 23.8 Å². The monoisotopic (exact) mass is 822 g/mol. The van der Waals surface area contributed by atoms with Gasteiger partial charge in [0.15, 0.2) is 6.10 Å². The van der Waals surface area contributed by atoms with Crippen molar-refractivity contribution in [2.24, 2.45) is 11.7 Å². The number of unbranched alkanes of at least 4 members (excludes halogenated alkanes) is 17. The van der Waals surface area contributed by atoms with Gasteiger partial charge in [0.2, 0.25) is 0 Å². The maximum Gasteiger partial charge on any atom is 0.323 e. The van der Waals surface area contributed by atoms with Gasteiger partial charge in [-0.2, -0.15) is 0 Å². The third kappa shape index (κ3) is 37.6. The lowest BCUT2D eigenvalue weighted by atomic mass is 10.0. The van der Waals surface area contributed by atoms with Gasteiger partial charge < -0.3 is 30.5 Å². The van der Waals surface area contributed by atoms with Crippen molar-refractivity contribution in [2.45, 2.75) is 205 Å². The maximum atomic E-state index is 12.7. The molecule has 0 rings (SSSR count). The number of aliphatic hydroxyl groups excluding tert-OH is 2. The van der Waals surface area contributed by atoms with Gasteiger partial charge in [0.25, 0.3) is 0 Å². The minimum Gasteiger partial charge on any atom is -0.481 e. The molecule has 57 heavy (non-hydrogen) atoms. The highest BCUT2D eigenvalue weighted by molar-refractivity contribution is 8.00. The highest BCUT2D eigenvalue weighted by Crippen LogP contribution is 2.22. The van der Waals surface area contributed by atoms with E-state index >= 15 is 0 Å². The molecule has 0 saturated carbocycles. The fourth-order valence-corrected chi connectivity index (χ4v) is 7.36. The number of carboxylic acid groups (broad SMARTS) is 1. The first kappa shape index (κ1) is 54.6. The van der Waals surface area contributed by atoms with Gasteiger partial charge in [-0.25, -0.2) is 0 Å². The minimum absolute atomic E-state index is 0.0441. The van der Waals surface area contributed by atoms with Gasteiger partial charge in [-0.3, -0.25) is 14.4 Å². The molecule has 0 aromatic heterocycles. The number of hydrogen-bond donors (Lipinski definition) is 4. The summed E-state index contributed by atoms with van der Waals surface area (Å²) in [6.07, 6.45) is 40.5. The average Bonchev–Trinajstić information content (AvgIpc) is 3.18. The largest absolute Gasteiger partial charge is 0.481 e. The lowest BCUT2D eigenvalue weighted by Crippen LogP contribution is -2.38. The molecule has 0 radical (unpaired) electrons. The van der Waals surface area contributed by atoms with Crippen molar-refractivity contribution >= 4 is 29.7 Å². The maximum absolute atomic E-state index is 12.7. The molecule has 0 heterocycles. The molecule has 10 heteroatoms. The van der Waals surface area contributed by atoms with Crippen LogP contribution in [0.5, 0.6) is 0 Å². The summed E-state index contributed by atoms with van der Waals surface area (Å²) in [4.78, 5) is 36.0. The highest BCUT2D eigenvalue weighted by Gasteiger charge is 2.23. The molecule has 0 aliphatic carbocycles. The third-order valence-electron chi connectivity index (χ3n) is 9.80. The van der Waals surface area contributed by atoms with Crippen LogP contribution in [0.1, 0.15) is 181 Å². The predicted octanol–water partition coefficient (Wildman–Crippen LogP) is 11.0. The van der Waals surface area contributed by atoms with E-state index in [1.54, 1.807) is 0 Å². The Morgan fingerprint density at radius 2 is 1.30 bits per heavy atom. The zero-order valence-electron chi connectivity index (χ0n) is 36.2. The molecule has 0 aliphatic rings. The van der Waals surface area contributed by atoms with Crippen molar-refractivity contribution < 1.29 is 39.2 Å². The van der Waals surface area contributed by atoms with Crippen LogP contribution in [0.25, 0.3) is 0 Å². The summed E-state index contributed by atoms with van der Waals surface area (Å²) in [5.74, 6) is -1.08. The number of aliphatic carboxylic acids is 1. The van der Waals surface area contributed by atoms with Crippen molar-refractivity contribution in [1.82, 2.24) is 0 Å². The summed E-state index contributed by atoms with van der Waals surface area (Å²) >= 11 is 1.28. The number of thioether (sulfide) groups is 1. The highest BCUT2D eigenvalue weighted by atomic mass is 32.2. The quantitative estimate of drug-likeness (QED) is 0.0203. The van der Waals surface area contributed by atoms with Crippen molar-refractivity contribution in [3.63, 3.8) is 0 Å². The number of hydrogen-bond acceptors (Lipinski definition) is 9. The molecule has 0 spiro atoms. The lowest BCUT2D eigenvalue weighted by Gasteiger charge is -2.21. The second-order valence-electron chi connectivity index (χ2n) is 15.8. The van der Waals surface area contributed by atoms with Gasteiger partial charge in [-0.1, -0.05) is 179 Å². The molecule has 4 atom stereocenters.